The maximum absolute atomic E-state index is 13.0. The summed E-state index contributed by atoms with van der Waals surface area (Å²) in [6.45, 7) is 11.9. The zero-order chi connectivity index (χ0) is 18.5. The predicted molar refractivity (Wildman–Crippen MR) is 102 cm³/mol. The highest BCUT2D eigenvalue weighted by atomic mass is 16.5. The number of rotatable bonds is 8. The number of aromatic nitrogens is 2. The summed E-state index contributed by atoms with van der Waals surface area (Å²) >= 11 is 0. The first-order valence-corrected chi connectivity index (χ1v) is 9.94. The number of fused-ring (bicyclic) bond motifs is 1. The molecule has 1 aromatic heterocycles. The van der Waals surface area contributed by atoms with E-state index in [9.17, 15) is 4.79 Å². The lowest BCUT2D eigenvalue weighted by Gasteiger charge is -2.25. The van der Waals surface area contributed by atoms with Gasteiger partial charge in [-0.1, -0.05) is 6.08 Å². The summed E-state index contributed by atoms with van der Waals surface area (Å²) in [6, 6.07) is 0.379. The van der Waals surface area contributed by atoms with Gasteiger partial charge in [0.2, 0.25) is 0 Å². The summed E-state index contributed by atoms with van der Waals surface area (Å²) in [5.74, 6) is 0.102. The molecule has 1 fully saturated rings. The Bertz CT molecular complexity index is 632. The van der Waals surface area contributed by atoms with Crippen LogP contribution in [0.25, 0.3) is 0 Å². The molecule has 1 aliphatic heterocycles. The van der Waals surface area contributed by atoms with Crippen LogP contribution in [0.3, 0.4) is 0 Å². The zero-order valence-corrected chi connectivity index (χ0v) is 16.2. The SMILES string of the molecule is C=CCn1nc(C(=O)N2CCCC2)c2c1CCC(NCCOC(C)C)C2. The Morgan fingerprint density at radius 2 is 2.19 bits per heavy atom. The van der Waals surface area contributed by atoms with Crippen LogP contribution in [-0.4, -0.2) is 59.0 Å². The van der Waals surface area contributed by atoms with Gasteiger partial charge in [-0.3, -0.25) is 9.48 Å². The fourth-order valence-electron chi connectivity index (χ4n) is 3.93. The van der Waals surface area contributed by atoms with E-state index in [4.69, 9.17) is 4.74 Å². The molecule has 6 heteroatoms. The van der Waals surface area contributed by atoms with Crippen LogP contribution in [0.4, 0.5) is 0 Å². The molecule has 1 N–H and O–H groups in total. The Kier molecular flexibility index (Phi) is 6.48. The highest BCUT2D eigenvalue weighted by Gasteiger charge is 2.31. The van der Waals surface area contributed by atoms with Crippen molar-refractivity contribution in [3.63, 3.8) is 0 Å². The van der Waals surface area contributed by atoms with Crippen LogP contribution in [0.1, 0.15) is 54.9 Å². The number of hydrogen-bond acceptors (Lipinski definition) is 4. The van der Waals surface area contributed by atoms with Gasteiger partial charge in [0.15, 0.2) is 5.69 Å². The van der Waals surface area contributed by atoms with Crippen molar-refractivity contribution in [3.8, 4) is 0 Å². The van der Waals surface area contributed by atoms with E-state index in [0.29, 0.717) is 18.3 Å². The third kappa shape index (κ3) is 4.35. The van der Waals surface area contributed by atoms with Gasteiger partial charge in [-0.15, -0.1) is 6.58 Å². The van der Waals surface area contributed by atoms with Crippen LogP contribution in [0, 0.1) is 0 Å². The second-order valence-corrected chi connectivity index (χ2v) is 7.56. The molecule has 1 aromatic rings. The van der Waals surface area contributed by atoms with Crippen LogP contribution >= 0.6 is 0 Å². The Balaban J connectivity index is 1.71. The second-order valence-electron chi connectivity index (χ2n) is 7.56. The number of ether oxygens (including phenoxy) is 1. The van der Waals surface area contributed by atoms with Crippen LogP contribution < -0.4 is 5.32 Å². The number of allylic oxidation sites excluding steroid dienone is 1. The van der Waals surface area contributed by atoms with Crippen molar-refractivity contribution in [2.45, 2.75) is 64.6 Å². The molecule has 3 rings (SSSR count). The lowest BCUT2D eigenvalue weighted by molar-refractivity contribution is 0.0778. The zero-order valence-electron chi connectivity index (χ0n) is 16.2. The Labute approximate surface area is 156 Å². The maximum atomic E-state index is 13.0. The van der Waals surface area contributed by atoms with Crippen molar-refractivity contribution in [3.05, 3.63) is 29.6 Å². The van der Waals surface area contributed by atoms with Crippen LogP contribution in [0.5, 0.6) is 0 Å². The van der Waals surface area contributed by atoms with Crippen molar-refractivity contribution in [1.29, 1.82) is 0 Å². The standard InChI is InChI=1S/C20H32N4O2/c1-4-10-24-18-8-7-16(21-9-13-26-15(2)3)14-17(18)19(22-24)20(25)23-11-5-6-12-23/h4,15-16,21H,1,5-14H2,2-3H3. The van der Waals surface area contributed by atoms with Crippen LogP contribution in [-0.2, 0) is 24.1 Å². The maximum Gasteiger partial charge on any atom is 0.274 e. The number of nitrogens with zero attached hydrogens (tertiary/aromatic N) is 3. The minimum atomic E-state index is 0.102. The fraction of sp³-hybridized carbons (Fsp3) is 0.700. The average molecular weight is 361 g/mol. The molecule has 1 unspecified atom stereocenters. The number of carbonyl (C=O) groups excluding carboxylic acids is 1. The molecule has 2 heterocycles. The lowest BCUT2D eigenvalue weighted by Crippen LogP contribution is -2.38. The Morgan fingerprint density at radius 3 is 2.88 bits per heavy atom. The minimum Gasteiger partial charge on any atom is -0.377 e. The first-order chi connectivity index (χ1) is 12.6. The average Bonchev–Trinajstić information content (AvgIpc) is 3.27. The van der Waals surface area contributed by atoms with Crippen molar-refractivity contribution in [2.24, 2.45) is 0 Å². The Hall–Kier alpha value is -1.66. The minimum absolute atomic E-state index is 0.102. The summed E-state index contributed by atoms with van der Waals surface area (Å²) in [4.78, 5) is 14.9. The first kappa shape index (κ1) is 19.1. The van der Waals surface area contributed by atoms with E-state index in [-0.39, 0.29) is 12.0 Å². The van der Waals surface area contributed by atoms with E-state index in [1.165, 1.54) is 5.69 Å². The summed E-state index contributed by atoms with van der Waals surface area (Å²) in [6.07, 6.45) is 7.19. The molecule has 0 saturated carbocycles. The molecule has 2 aliphatic rings. The van der Waals surface area contributed by atoms with Gasteiger partial charge in [0.25, 0.3) is 5.91 Å². The molecule has 0 bridgehead atoms. The van der Waals surface area contributed by atoms with Gasteiger partial charge in [-0.05, 0) is 46.0 Å². The molecular weight excluding hydrogens is 328 g/mol. The van der Waals surface area contributed by atoms with Gasteiger partial charge >= 0.3 is 0 Å². The largest absolute Gasteiger partial charge is 0.377 e. The third-order valence-corrected chi connectivity index (χ3v) is 5.23. The van der Waals surface area contributed by atoms with Crippen molar-refractivity contribution >= 4 is 5.91 Å². The van der Waals surface area contributed by atoms with Crippen molar-refractivity contribution in [2.75, 3.05) is 26.2 Å². The molecule has 0 spiro atoms. The van der Waals surface area contributed by atoms with Crippen molar-refractivity contribution < 1.29 is 9.53 Å². The van der Waals surface area contributed by atoms with Crippen LogP contribution in [0.2, 0.25) is 0 Å². The molecular formula is C20H32N4O2. The molecule has 1 amide bonds. The van der Waals surface area contributed by atoms with Gasteiger partial charge in [0.1, 0.15) is 0 Å². The number of amides is 1. The number of likely N-dealkylation sites (tertiary alicyclic amines) is 1. The van der Waals surface area contributed by atoms with Gasteiger partial charge < -0.3 is 15.0 Å². The Morgan fingerprint density at radius 1 is 1.42 bits per heavy atom. The summed E-state index contributed by atoms with van der Waals surface area (Å²) in [7, 11) is 0. The quantitative estimate of drug-likeness (QED) is 0.570. The molecule has 1 saturated heterocycles. The summed E-state index contributed by atoms with van der Waals surface area (Å²) in [5, 5.41) is 8.27. The molecule has 6 nitrogen and oxygen atoms in total. The molecule has 1 aliphatic carbocycles. The topological polar surface area (TPSA) is 59.4 Å². The van der Waals surface area contributed by atoms with E-state index >= 15 is 0 Å². The predicted octanol–water partition coefficient (Wildman–Crippen LogP) is 2.18. The smallest absolute Gasteiger partial charge is 0.274 e. The second kappa shape index (κ2) is 8.82. The van der Waals surface area contributed by atoms with Gasteiger partial charge in [0.05, 0.1) is 19.3 Å². The molecule has 1 atom stereocenters. The van der Waals surface area contributed by atoms with Crippen LogP contribution in [0.15, 0.2) is 12.7 Å². The van der Waals surface area contributed by atoms with Crippen molar-refractivity contribution in [1.82, 2.24) is 20.0 Å². The summed E-state index contributed by atoms with van der Waals surface area (Å²) < 4.78 is 7.59. The van der Waals surface area contributed by atoms with E-state index in [2.05, 4.69) is 30.8 Å². The summed E-state index contributed by atoms with van der Waals surface area (Å²) in [5.41, 5.74) is 3.01. The van der Waals surface area contributed by atoms with Gasteiger partial charge in [-0.25, -0.2) is 0 Å². The monoisotopic (exact) mass is 360 g/mol. The highest BCUT2D eigenvalue weighted by molar-refractivity contribution is 5.94. The number of hydrogen-bond donors (Lipinski definition) is 1. The number of carbonyl (C=O) groups is 1. The van der Waals surface area contributed by atoms with E-state index in [1.54, 1.807) is 0 Å². The fourth-order valence-corrected chi connectivity index (χ4v) is 3.93. The van der Waals surface area contributed by atoms with E-state index in [1.807, 2.05) is 15.7 Å². The third-order valence-electron chi connectivity index (χ3n) is 5.23. The molecule has 26 heavy (non-hydrogen) atoms. The number of nitrogens with one attached hydrogen (secondary N) is 1. The molecule has 144 valence electrons. The van der Waals surface area contributed by atoms with E-state index < -0.39 is 0 Å². The van der Waals surface area contributed by atoms with Gasteiger partial charge in [0, 0.05) is 36.9 Å². The highest BCUT2D eigenvalue weighted by Crippen LogP contribution is 2.27. The first-order valence-electron chi connectivity index (χ1n) is 9.94. The molecule has 0 radical (unpaired) electrons. The normalized spacial score (nSPS) is 19.8. The lowest BCUT2D eigenvalue weighted by atomic mass is 9.91. The van der Waals surface area contributed by atoms with E-state index in [0.717, 1.165) is 63.9 Å². The molecule has 0 aromatic carbocycles. The van der Waals surface area contributed by atoms with Gasteiger partial charge in [-0.2, -0.15) is 5.10 Å².